The van der Waals surface area contributed by atoms with E-state index in [2.05, 4.69) is 15.5 Å². The number of nitrogens with zero attached hydrogens (tertiary/aromatic N) is 2. The molecule has 0 spiro atoms. The summed E-state index contributed by atoms with van der Waals surface area (Å²) in [4.78, 5) is 15.7. The Morgan fingerprint density at radius 2 is 1.79 bits per heavy atom. The molecule has 0 unspecified atom stereocenters. The Balaban J connectivity index is 1.67. The summed E-state index contributed by atoms with van der Waals surface area (Å²) in [6, 6.07) is 22.9. The van der Waals surface area contributed by atoms with Gasteiger partial charge in [-0.2, -0.15) is 10.4 Å². The monoisotopic (exact) mass is 382 g/mol. The van der Waals surface area contributed by atoms with Gasteiger partial charge in [0.25, 0.3) is 5.91 Å². The molecule has 0 fully saturated rings. The highest BCUT2D eigenvalue weighted by Crippen LogP contribution is 2.33. The molecule has 0 aliphatic rings. The van der Waals surface area contributed by atoms with Gasteiger partial charge in [0.05, 0.1) is 23.4 Å². The van der Waals surface area contributed by atoms with Gasteiger partial charge in [-0.1, -0.05) is 54.6 Å². The van der Waals surface area contributed by atoms with Crippen LogP contribution in [0.25, 0.3) is 22.0 Å². The maximum Gasteiger partial charge on any atom is 0.288 e. The van der Waals surface area contributed by atoms with Crippen LogP contribution in [-0.2, 0) is 0 Å². The largest absolute Gasteiger partial charge is 0.348 e. The van der Waals surface area contributed by atoms with Crippen LogP contribution in [0.1, 0.15) is 21.6 Å². The van der Waals surface area contributed by atoms with Gasteiger partial charge in [0, 0.05) is 10.9 Å². The minimum Gasteiger partial charge on any atom is -0.348 e. The number of aromatic amines is 1. The van der Waals surface area contributed by atoms with Crippen LogP contribution >= 0.6 is 0 Å². The number of benzene rings is 3. The van der Waals surface area contributed by atoms with Gasteiger partial charge in [-0.3, -0.25) is 4.79 Å². The second kappa shape index (κ2) is 7.79. The van der Waals surface area contributed by atoms with E-state index in [-0.39, 0.29) is 11.2 Å². The fourth-order valence-electron chi connectivity index (χ4n) is 3.12. The van der Waals surface area contributed by atoms with Gasteiger partial charge in [0.2, 0.25) is 0 Å². The number of halogens is 1. The lowest BCUT2D eigenvalue weighted by atomic mass is 10.0. The van der Waals surface area contributed by atoms with Gasteiger partial charge >= 0.3 is 0 Å². The van der Waals surface area contributed by atoms with Gasteiger partial charge in [-0.25, -0.2) is 9.82 Å². The smallest absolute Gasteiger partial charge is 0.288 e. The maximum absolute atomic E-state index is 14.3. The molecular formula is C23H15FN4O. The van der Waals surface area contributed by atoms with Crippen molar-refractivity contribution in [3.8, 4) is 17.2 Å². The van der Waals surface area contributed by atoms with E-state index < -0.39 is 11.7 Å². The van der Waals surface area contributed by atoms with Crippen molar-refractivity contribution < 1.29 is 9.18 Å². The van der Waals surface area contributed by atoms with Crippen LogP contribution in [0.3, 0.4) is 0 Å². The van der Waals surface area contributed by atoms with Gasteiger partial charge in [0.1, 0.15) is 11.5 Å². The molecule has 4 rings (SSSR count). The molecule has 29 heavy (non-hydrogen) atoms. The Hall–Kier alpha value is -4.24. The molecule has 4 aromatic rings. The normalized spacial score (nSPS) is 10.9. The van der Waals surface area contributed by atoms with Gasteiger partial charge in [0.15, 0.2) is 0 Å². The van der Waals surface area contributed by atoms with Crippen molar-refractivity contribution in [3.05, 3.63) is 95.4 Å². The summed E-state index contributed by atoms with van der Waals surface area (Å²) in [5.74, 6) is -0.913. The number of fused-ring (bicyclic) bond motifs is 1. The number of H-pyrrole nitrogens is 1. The van der Waals surface area contributed by atoms with E-state index in [1.807, 2.05) is 36.4 Å². The van der Waals surface area contributed by atoms with Crippen LogP contribution in [-0.4, -0.2) is 17.1 Å². The summed E-state index contributed by atoms with van der Waals surface area (Å²) in [7, 11) is 0. The molecule has 5 nitrogen and oxygen atoms in total. The third kappa shape index (κ3) is 3.62. The molecule has 1 amide bonds. The lowest BCUT2D eigenvalue weighted by molar-refractivity contribution is 0.0951. The fourth-order valence-corrected chi connectivity index (χ4v) is 3.12. The number of nitriles is 1. The molecule has 1 aromatic heterocycles. The zero-order valence-corrected chi connectivity index (χ0v) is 15.2. The molecule has 1 heterocycles. The van der Waals surface area contributed by atoms with Crippen molar-refractivity contribution in [2.24, 2.45) is 5.10 Å². The van der Waals surface area contributed by atoms with Gasteiger partial charge in [-0.15, -0.1) is 0 Å². The number of hydrazone groups is 1. The zero-order valence-electron chi connectivity index (χ0n) is 15.2. The summed E-state index contributed by atoms with van der Waals surface area (Å²) in [6.45, 7) is 0. The molecule has 140 valence electrons. The summed E-state index contributed by atoms with van der Waals surface area (Å²) in [5.41, 5.74) is 5.67. The number of carbonyl (C=O) groups excluding carboxylic acids is 1. The van der Waals surface area contributed by atoms with Gasteiger partial charge in [-0.05, 0) is 29.3 Å². The van der Waals surface area contributed by atoms with Crippen LogP contribution in [0.15, 0.2) is 77.9 Å². The summed E-state index contributed by atoms with van der Waals surface area (Å²) in [5, 5.41) is 13.4. The van der Waals surface area contributed by atoms with Crippen LogP contribution in [0, 0.1) is 17.1 Å². The summed E-state index contributed by atoms with van der Waals surface area (Å²) in [6.07, 6.45) is 1.48. The molecule has 0 radical (unpaired) electrons. The predicted molar refractivity (Wildman–Crippen MR) is 110 cm³/mol. The molecule has 2 N–H and O–H groups in total. The first-order chi connectivity index (χ1) is 14.2. The molecule has 3 aromatic carbocycles. The molecule has 0 saturated heterocycles. The van der Waals surface area contributed by atoms with E-state index in [0.717, 1.165) is 11.1 Å². The highest BCUT2D eigenvalue weighted by molar-refractivity contribution is 6.09. The van der Waals surface area contributed by atoms with Crippen LogP contribution < -0.4 is 5.43 Å². The number of amides is 1. The maximum atomic E-state index is 14.3. The topological polar surface area (TPSA) is 81.0 Å². The quantitative estimate of drug-likeness (QED) is 0.399. The minimum absolute atomic E-state index is 0.230. The summed E-state index contributed by atoms with van der Waals surface area (Å²) < 4.78 is 14.3. The van der Waals surface area contributed by atoms with E-state index in [4.69, 9.17) is 5.26 Å². The lowest BCUT2D eigenvalue weighted by Gasteiger charge is -2.04. The van der Waals surface area contributed by atoms with E-state index >= 15 is 0 Å². The number of hydrogen-bond donors (Lipinski definition) is 2. The first-order valence-electron chi connectivity index (χ1n) is 8.86. The first-order valence-corrected chi connectivity index (χ1v) is 8.86. The minimum atomic E-state index is -0.482. The van der Waals surface area contributed by atoms with Gasteiger partial charge < -0.3 is 4.98 Å². The third-order valence-corrected chi connectivity index (χ3v) is 4.49. The molecule has 0 bridgehead atoms. The standard InChI is InChI=1S/C23H15FN4O/c24-19-8-4-7-18-20(17-5-2-1-3-6-17)22(27-21(18)19)23(29)28-26-14-16-11-9-15(13-25)10-12-16/h1-12,14,27H,(H,28,29)/b26-14-. The highest BCUT2D eigenvalue weighted by Gasteiger charge is 2.20. The van der Waals surface area contributed by atoms with E-state index in [0.29, 0.717) is 16.5 Å². The number of rotatable bonds is 4. The second-order valence-corrected chi connectivity index (χ2v) is 6.34. The molecule has 0 aliphatic carbocycles. The Labute approximate surface area is 166 Å². The average molecular weight is 382 g/mol. The predicted octanol–water partition coefficient (Wildman–Crippen LogP) is 4.61. The lowest BCUT2D eigenvalue weighted by Crippen LogP contribution is -2.18. The van der Waals surface area contributed by atoms with E-state index in [1.54, 1.807) is 36.4 Å². The van der Waals surface area contributed by atoms with Crippen LogP contribution in [0.2, 0.25) is 0 Å². The molecule has 0 atom stereocenters. The Morgan fingerprint density at radius 1 is 1.03 bits per heavy atom. The number of aromatic nitrogens is 1. The van der Waals surface area contributed by atoms with Crippen molar-refractivity contribution in [2.75, 3.05) is 0 Å². The number of para-hydroxylation sites is 1. The van der Waals surface area contributed by atoms with Crippen molar-refractivity contribution in [1.82, 2.24) is 10.4 Å². The average Bonchev–Trinajstić information content (AvgIpc) is 3.16. The number of hydrogen-bond acceptors (Lipinski definition) is 3. The van der Waals surface area contributed by atoms with E-state index in [9.17, 15) is 9.18 Å². The third-order valence-electron chi connectivity index (χ3n) is 4.49. The molecule has 6 heteroatoms. The molecular weight excluding hydrogens is 367 g/mol. The Morgan fingerprint density at radius 3 is 2.52 bits per heavy atom. The van der Waals surface area contributed by atoms with Crippen LogP contribution in [0.5, 0.6) is 0 Å². The Bertz CT molecular complexity index is 1250. The SMILES string of the molecule is N#Cc1ccc(/C=N\NC(=O)c2[nH]c3c(F)cccc3c2-c2ccccc2)cc1. The highest BCUT2D eigenvalue weighted by atomic mass is 19.1. The number of nitrogens with one attached hydrogen (secondary N) is 2. The van der Waals surface area contributed by atoms with E-state index in [1.165, 1.54) is 12.3 Å². The van der Waals surface area contributed by atoms with Crippen molar-refractivity contribution in [3.63, 3.8) is 0 Å². The number of carbonyl (C=O) groups is 1. The second-order valence-electron chi connectivity index (χ2n) is 6.34. The van der Waals surface area contributed by atoms with Crippen molar-refractivity contribution in [1.29, 1.82) is 5.26 Å². The fraction of sp³-hybridized carbons (Fsp3) is 0. The molecule has 0 saturated carbocycles. The Kier molecular flexibility index (Phi) is 4.87. The van der Waals surface area contributed by atoms with Crippen LogP contribution in [0.4, 0.5) is 4.39 Å². The zero-order chi connectivity index (χ0) is 20.2. The first kappa shape index (κ1) is 18.1. The van der Waals surface area contributed by atoms with Crippen molar-refractivity contribution in [2.45, 2.75) is 0 Å². The molecule has 0 aliphatic heterocycles. The summed E-state index contributed by atoms with van der Waals surface area (Å²) >= 11 is 0. The van der Waals surface area contributed by atoms with Crippen molar-refractivity contribution >= 4 is 23.0 Å².